The first-order valence-electron chi connectivity index (χ1n) is 6.71. The molecule has 2 atom stereocenters. The summed E-state index contributed by atoms with van der Waals surface area (Å²) in [6.07, 6.45) is 2.38. The van der Waals surface area contributed by atoms with Crippen LogP contribution in [0.15, 0.2) is 18.2 Å². The van der Waals surface area contributed by atoms with Gasteiger partial charge in [0.2, 0.25) is 0 Å². The molecule has 0 aliphatic carbocycles. The highest BCUT2D eigenvalue weighted by molar-refractivity contribution is 5.47. The van der Waals surface area contributed by atoms with E-state index in [9.17, 15) is 5.11 Å². The zero-order valence-electron chi connectivity index (χ0n) is 11.0. The molecule has 0 spiro atoms. The Morgan fingerprint density at radius 1 is 1.22 bits per heavy atom. The van der Waals surface area contributed by atoms with Gasteiger partial charge in [0, 0.05) is 24.8 Å². The molecule has 18 heavy (non-hydrogen) atoms. The van der Waals surface area contributed by atoms with E-state index in [2.05, 4.69) is 6.07 Å². The lowest BCUT2D eigenvalue weighted by atomic mass is 9.80. The second kappa shape index (κ2) is 4.25. The molecule has 0 radical (unpaired) electrons. The maximum atomic E-state index is 11.0. The van der Waals surface area contributed by atoms with Gasteiger partial charge in [-0.3, -0.25) is 0 Å². The highest BCUT2D eigenvalue weighted by atomic mass is 16.5. The minimum atomic E-state index is -0.813. The second-order valence-corrected chi connectivity index (χ2v) is 5.59. The van der Waals surface area contributed by atoms with Gasteiger partial charge < -0.3 is 14.6 Å². The first-order valence-corrected chi connectivity index (χ1v) is 6.71. The van der Waals surface area contributed by atoms with E-state index >= 15 is 0 Å². The van der Waals surface area contributed by atoms with Gasteiger partial charge in [-0.25, -0.2) is 0 Å². The molecule has 3 heteroatoms. The number of rotatable bonds is 1. The first-order chi connectivity index (χ1) is 8.58. The Morgan fingerprint density at radius 3 is 2.67 bits per heavy atom. The predicted octanol–water partition coefficient (Wildman–Crippen LogP) is 2.40. The van der Waals surface area contributed by atoms with Crippen LogP contribution in [-0.4, -0.2) is 23.9 Å². The zero-order chi connectivity index (χ0) is 12.8. The summed E-state index contributed by atoms with van der Waals surface area (Å²) >= 11 is 0. The molecular weight excluding hydrogens is 228 g/mol. The molecule has 0 aromatic heterocycles. The number of ether oxygens (including phenoxy) is 2. The van der Waals surface area contributed by atoms with E-state index in [-0.39, 0.29) is 12.2 Å². The molecule has 2 aliphatic rings. The maximum absolute atomic E-state index is 11.0. The molecule has 1 aromatic carbocycles. The fraction of sp³-hybridized carbons (Fsp3) is 0.600. The number of benzene rings is 1. The van der Waals surface area contributed by atoms with Crippen LogP contribution in [0.25, 0.3) is 0 Å². The molecule has 2 unspecified atom stereocenters. The van der Waals surface area contributed by atoms with Crippen molar-refractivity contribution in [3.8, 4) is 5.75 Å². The summed E-state index contributed by atoms with van der Waals surface area (Å²) in [6.45, 7) is 4.76. The van der Waals surface area contributed by atoms with Crippen LogP contribution in [-0.2, 0) is 16.8 Å². The van der Waals surface area contributed by atoms with E-state index in [0.717, 1.165) is 24.3 Å². The topological polar surface area (TPSA) is 38.7 Å². The maximum Gasteiger partial charge on any atom is 0.128 e. The fourth-order valence-electron chi connectivity index (χ4n) is 3.33. The quantitative estimate of drug-likeness (QED) is 0.829. The molecule has 2 aliphatic heterocycles. The van der Waals surface area contributed by atoms with E-state index < -0.39 is 5.60 Å². The number of hydrogen-bond donors (Lipinski definition) is 1. The molecular formula is C15H20O3. The second-order valence-electron chi connectivity index (χ2n) is 5.59. The van der Waals surface area contributed by atoms with Gasteiger partial charge in [-0.1, -0.05) is 18.2 Å². The Bertz CT molecular complexity index is 445. The van der Waals surface area contributed by atoms with Crippen molar-refractivity contribution in [3.05, 3.63) is 29.3 Å². The van der Waals surface area contributed by atoms with E-state index in [1.54, 1.807) is 0 Å². The Balaban J connectivity index is 2.01. The summed E-state index contributed by atoms with van der Waals surface area (Å²) in [5.74, 6) is 0.904. The van der Waals surface area contributed by atoms with Crippen LogP contribution in [0.3, 0.4) is 0 Å². The summed E-state index contributed by atoms with van der Waals surface area (Å²) in [5.41, 5.74) is 1.35. The van der Waals surface area contributed by atoms with Crippen LogP contribution in [0.4, 0.5) is 0 Å². The van der Waals surface area contributed by atoms with Crippen molar-refractivity contribution in [3.63, 3.8) is 0 Å². The lowest BCUT2D eigenvalue weighted by molar-refractivity contribution is -0.136. The van der Waals surface area contributed by atoms with Crippen LogP contribution in [0.5, 0.6) is 5.75 Å². The third kappa shape index (κ3) is 1.91. The van der Waals surface area contributed by atoms with Gasteiger partial charge in [-0.05, 0) is 19.4 Å². The predicted molar refractivity (Wildman–Crippen MR) is 68.8 cm³/mol. The third-order valence-electron chi connectivity index (χ3n) is 3.93. The smallest absolute Gasteiger partial charge is 0.128 e. The van der Waals surface area contributed by atoms with Crippen molar-refractivity contribution < 1.29 is 14.6 Å². The van der Waals surface area contributed by atoms with Crippen LogP contribution >= 0.6 is 0 Å². The lowest BCUT2D eigenvalue weighted by Gasteiger charge is -2.40. The lowest BCUT2D eigenvalue weighted by Crippen LogP contribution is -2.41. The molecule has 0 amide bonds. The Morgan fingerprint density at radius 2 is 1.94 bits per heavy atom. The first kappa shape index (κ1) is 12.0. The van der Waals surface area contributed by atoms with Crippen LogP contribution in [0.1, 0.15) is 37.8 Å². The van der Waals surface area contributed by atoms with Crippen molar-refractivity contribution in [1.29, 1.82) is 0 Å². The number of aliphatic hydroxyl groups is 1. The SMILES string of the molecule is CC1CC(O)(c2cccc3c2OCC3)CC(C)O1. The molecule has 1 N–H and O–H groups in total. The van der Waals surface area contributed by atoms with Crippen molar-refractivity contribution >= 4 is 0 Å². The van der Waals surface area contributed by atoms with Crippen LogP contribution in [0, 0.1) is 0 Å². The molecule has 1 fully saturated rings. The number of hydrogen-bond acceptors (Lipinski definition) is 3. The van der Waals surface area contributed by atoms with Crippen LogP contribution in [0.2, 0.25) is 0 Å². The standard InChI is InChI=1S/C15H20O3/c1-10-8-15(16,9-11(2)18-10)13-5-3-4-12-6-7-17-14(12)13/h3-5,10-11,16H,6-9H2,1-2H3. The van der Waals surface area contributed by atoms with Crippen molar-refractivity contribution in [1.82, 2.24) is 0 Å². The molecule has 1 saturated heterocycles. The van der Waals surface area contributed by atoms with E-state index in [4.69, 9.17) is 9.47 Å². The largest absolute Gasteiger partial charge is 0.493 e. The summed E-state index contributed by atoms with van der Waals surface area (Å²) in [4.78, 5) is 0. The van der Waals surface area contributed by atoms with Gasteiger partial charge in [0.15, 0.2) is 0 Å². The normalized spacial score (nSPS) is 35.1. The van der Waals surface area contributed by atoms with Crippen molar-refractivity contribution in [2.45, 2.75) is 50.9 Å². The average molecular weight is 248 g/mol. The van der Waals surface area contributed by atoms with Gasteiger partial charge in [0.25, 0.3) is 0 Å². The van der Waals surface area contributed by atoms with Crippen molar-refractivity contribution in [2.24, 2.45) is 0 Å². The third-order valence-corrected chi connectivity index (χ3v) is 3.93. The molecule has 0 saturated carbocycles. The molecule has 3 nitrogen and oxygen atoms in total. The van der Waals surface area contributed by atoms with Gasteiger partial charge in [0.1, 0.15) is 5.75 Å². The average Bonchev–Trinajstić information content (AvgIpc) is 2.74. The fourth-order valence-corrected chi connectivity index (χ4v) is 3.33. The Kier molecular flexibility index (Phi) is 2.83. The highest BCUT2D eigenvalue weighted by Crippen LogP contribution is 2.43. The molecule has 3 rings (SSSR count). The van der Waals surface area contributed by atoms with Gasteiger partial charge >= 0.3 is 0 Å². The molecule has 1 aromatic rings. The summed E-state index contributed by atoms with van der Waals surface area (Å²) in [5, 5.41) is 11.0. The van der Waals surface area contributed by atoms with Crippen LogP contribution < -0.4 is 4.74 Å². The Hall–Kier alpha value is -1.06. The minimum absolute atomic E-state index is 0.0796. The summed E-state index contributed by atoms with van der Waals surface area (Å²) in [7, 11) is 0. The van der Waals surface area contributed by atoms with Gasteiger partial charge in [-0.2, -0.15) is 0 Å². The number of fused-ring (bicyclic) bond motifs is 1. The molecule has 98 valence electrons. The summed E-state index contributed by atoms with van der Waals surface area (Å²) < 4.78 is 11.4. The zero-order valence-corrected chi connectivity index (χ0v) is 11.0. The van der Waals surface area contributed by atoms with E-state index in [1.807, 2.05) is 26.0 Å². The van der Waals surface area contributed by atoms with Gasteiger partial charge in [-0.15, -0.1) is 0 Å². The molecule has 2 heterocycles. The number of para-hydroxylation sites is 1. The van der Waals surface area contributed by atoms with Crippen molar-refractivity contribution in [2.75, 3.05) is 6.61 Å². The summed E-state index contributed by atoms with van der Waals surface area (Å²) in [6, 6.07) is 6.10. The van der Waals surface area contributed by atoms with E-state index in [0.29, 0.717) is 12.8 Å². The highest BCUT2D eigenvalue weighted by Gasteiger charge is 2.41. The monoisotopic (exact) mass is 248 g/mol. The van der Waals surface area contributed by atoms with Gasteiger partial charge in [0.05, 0.1) is 24.4 Å². The minimum Gasteiger partial charge on any atom is -0.493 e. The van der Waals surface area contributed by atoms with E-state index in [1.165, 1.54) is 5.56 Å². The Labute approximate surface area is 108 Å². The molecule has 0 bridgehead atoms.